The van der Waals surface area contributed by atoms with Crippen LogP contribution in [0.15, 0.2) is 18.2 Å². The van der Waals surface area contributed by atoms with Crippen molar-refractivity contribution < 1.29 is 10.0 Å². The van der Waals surface area contributed by atoms with E-state index in [4.69, 9.17) is 0 Å². The highest BCUT2D eigenvalue weighted by Gasteiger charge is 2.21. The lowest BCUT2D eigenvalue weighted by Gasteiger charge is -2.15. The predicted molar refractivity (Wildman–Crippen MR) is 57.9 cm³/mol. The lowest BCUT2D eigenvalue weighted by Crippen LogP contribution is -2.12. The lowest BCUT2D eigenvalue weighted by atomic mass is 9.93. The van der Waals surface area contributed by atoms with Gasteiger partial charge in [-0.15, -0.1) is 0 Å². The van der Waals surface area contributed by atoms with Crippen LogP contribution in [0, 0.1) is 17.0 Å². The van der Waals surface area contributed by atoms with Crippen LogP contribution < -0.4 is 0 Å². The number of aryl methyl sites for hydroxylation is 1. The molecule has 0 aliphatic rings. The summed E-state index contributed by atoms with van der Waals surface area (Å²) in [6.45, 7) is 5.30. The van der Waals surface area contributed by atoms with Gasteiger partial charge in [-0.25, -0.2) is 0 Å². The summed E-state index contributed by atoms with van der Waals surface area (Å²) in [6.07, 6.45) is -0.592. The number of hydrogen-bond acceptors (Lipinski definition) is 3. The minimum atomic E-state index is -0.592. The lowest BCUT2D eigenvalue weighted by molar-refractivity contribution is -0.385. The third-order valence-electron chi connectivity index (χ3n) is 2.59. The van der Waals surface area contributed by atoms with Gasteiger partial charge in [0.05, 0.1) is 11.0 Å². The van der Waals surface area contributed by atoms with Crippen molar-refractivity contribution >= 4 is 5.69 Å². The van der Waals surface area contributed by atoms with E-state index < -0.39 is 11.0 Å². The van der Waals surface area contributed by atoms with Crippen LogP contribution in [-0.2, 0) is 0 Å². The van der Waals surface area contributed by atoms with Crippen molar-refractivity contribution in [1.82, 2.24) is 0 Å². The van der Waals surface area contributed by atoms with Crippen molar-refractivity contribution in [3.05, 3.63) is 39.4 Å². The summed E-state index contributed by atoms with van der Waals surface area (Å²) in [7, 11) is 0. The van der Waals surface area contributed by atoms with Crippen molar-refractivity contribution in [2.75, 3.05) is 0 Å². The third-order valence-corrected chi connectivity index (χ3v) is 2.59. The summed E-state index contributed by atoms with van der Waals surface area (Å²) >= 11 is 0. The summed E-state index contributed by atoms with van der Waals surface area (Å²) in [5.74, 6) is -0.231. The molecule has 2 atom stereocenters. The summed E-state index contributed by atoms with van der Waals surface area (Å²) in [6, 6.07) is 4.95. The number of nitro groups is 1. The second kappa shape index (κ2) is 4.40. The maximum absolute atomic E-state index is 10.8. The Labute approximate surface area is 88.7 Å². The molecule has 2 unspecified atom stereocenters. The molecule has 0 radical (unpaired) electrons. The fourth-order valence-electron chi connectivity index (χ4n) is 1.46. The summed E-state index contributed by atoms with van der Waals surface area (Å²) in [5.41, 5.74) is 1.63. The molecule has 0 saturated heterocycles. The fourth-order valence-corrected chi connectivity index (χ4v) is 1.46. The molecule has 0 bridgehead atoms. The van der Waals surface area contributed by atoms with Crippen LogP contribution in [-0.4, -0.2) is 16.1 Å². The molecule has 0 spiro atoms. The van der Waals surface area contributed by atoms with Gasteiger partial charge in [0, 0.05) is 17.5 Å². The van der Waals surface area contributed by atoms with Gasteiger partial charge in [-0.05, 0) is 19.9 Å². The standard InChI is InChI=1S/C11H15NO3/c1-7-4-5-11(12(14)15)10(6-7)8(2)9(3)13/h4-6,8-9,13H,1-3H3. The Morgan fingerprint density at radius 1 is 1.40 bits per heavy atom. The van der Waals surface area contributed by atoms with Crippen LogP contribution in [0.4, 0.5) is 5.69 Å². The monoisotopic (exact) mass is 209 g/mol. The number of aliphatic hydroxyl groups is 1. The zero-order chi connectivity index (χ0) is 11.6. The van der Waals surface area contributed by atoms with Gasteiger partial charge in [0.25, 0.3) is 5.69 Å². The van der Waals surface area contributed by atoms with Gasteiger partial charge in [0.1, 0.15) is 0 Å². The molecule has 0 aliphatic heterocycles. The van der Waals surface area contributed by atoms with E-state index in [1.807, 2.05) is 6.92 Å². The molecule has 0 aromatic heterocycles. The van der Waals surface area contributed by atoms with Gasteiger partial charge >= 0.3 is 0 Å². The molecular weight excluding hydrogens is 194 g/mol. The van der Waals surface area contributed by atoms with E-state index in [1.165, 1.54) is 6.07 Å². The molecule has 1 aromatic rings. The number of hydrogen-bond donors (Lipinski definition) is 1. The molecule has 0 aliphatic carbocycles. The molecule has 4 nitrogen and oxygen atoms in total. The molecule has 0 saturated carbocycles. The first-order valence-electron chi connectivity index (χ1n) is 4.86. The Morgan fingerprint density at radius 3 is 2.47 bits per heavy atom. The molecule has 15 heavy (non-hydrogen) atoms. The highest BCUT2D eigenvalue weighted by atomic mass is 16.6. The van der Waals surface area contributed by atoms with Gasteiger partial charge < -0.3 is 5.11 Å². The van der Waals surface area contributed by atoms with Crippen molar-refractivity contribution in [2.24, 2.45) is 0 Å². The largest absolute Gasteiger partial charge is 0.393 e. The number of nitro benzene ring substituents is 1. The van der Waals surface area contributed by atoms with Crippen molar-refractivity contribution in [1.29, 1.82) is 0 Å². The summed E-state index contributed by atoms with van der Waals surface area (Å²) < 4.78 is 0. The minimum absolute atomic E-state index is 0.0778. The Kier molecular flexibility index (Phi) is 3.42. The Hall–Kier alpha value is -1.42. The van der Waals surface area contributed by atoms with E-state index in [1.54, 1.807) is 26.0 Å². The molecule has 1 aromatic carbocycles. The number of aliphatic hydroxyl groups excluding tert-OH is 1. The highest BCUT2D eigenvalue weighted by Crippen LogP contribution is 2.29. The van der Waals surface area contributed by atoms with Gasteiger partial charge in [0.2, 0.25) is 0 Å². The SMILES string of the molecule is Cc1ccc([N+](=O)[O-])c(C(C)C(C)O)c1. The second-order valence-corrected chi connectivity index (χ2v) is 3.85. The van der Waals surface area contributed by atoms with Crippen LogP contribution in [0.5, 0.6) is 0 Å². The highest BCUT2D eigenvalue weighted by molar-refractivity contribution is 5.45. The van der Waals surface area contributed by atoms with Crippen LogP contribution in [0.25, 0.3) is 0 Å². The molecule has 0 amide bonds. The van der Waals surface area contributed by atoms with Crippen LogP contribution in [0.2, 0.25) is 0 Å². The van der Waals surface area contributed by atoms with E-state index in [-0.39, 0.29) is 11.6 Å². The number of benzene rings is 1. The Morgan fingerprint density at radius 2 is 2.00 bits per heavy atom. The molecule has 0 heterocycles. The topological polar surface area (TPSA) is 63.4 Å². The van der Waals surface area contributed by atoms with E-state index >= 15 is 0 Å². The van der Waals surface area contributed by atoms with E-state index in [9.17, 15) is 15.2 Å². The molecule has 1 N–H and O–H groups in total. The van der Waals surface area contributed by atoms with Gasteiger partial charge in [-0.3, -0.25) is 10.1 Å². The normalized spacial score (nSPS) is 14.7. The molecule has 0 fully saturated rings. The first kappa shape index (κ1) is 11.7. The summed E-state index contributed by atoms with van der Waals surface area (Å²) in [4.78, 5) is 10.4. The Bertz CT molecular complexity index is 374. The maximum atomic E-state index is 10.8. The fraction of sp³-hybridized carbons (Fsp3) is 0.455. The quantitative estimate of drug-likeness (QED) is 0.614. The Balaban J connectivity index is 3.24. The number of rotatable bonds is 3. The van der Waals surface area contributed by atoms with E-state index in [2.05, 4.69) is 0 Å². The molecular formula is C11H15NO3. The average molecular weight is 209 g/mol. The summed E-state index contributed by atoms with van der Waals surface area (Å²) in [5, 5.41) is 20.2. The zero-order valence-electron chi connectivity index (χ0n) is 9.10. The molecule has 1 rings (SSSR count). The first-order valence-corrected chi connectivity index (χ1v) is 4.86. The van der Waals surface area contributed by atoms with Gasteiger partial charge in [0.15, 0.2) is 0 Å². The molecule has 4 heteroatoms. The second-order valence-electron chi connectivity index (χ2n) is 3.85. The average Bonchev–Trinajstić information content (AvgIpc) is 2.15. The maximum Gasteiger partial charge on any atom is 0.272 e. The van der Waals surface area contributed by atoms with Crippen LogP contribution in [0.3, 0.4) is 0 Å². The molecule has 82 valence electrons. The van der Waals surface area contributed by atoms with Gasteiger partial charge in [-0.2, -0.15) is 0 Å². The van der Waals surface area contributed by atoms with Crippen molar-refractivity contribution in [3.63, 3.8) is 0 Å². The van der Waals surface area contributed by atoms with Gasteiger partial charge in [-0.1, -0.05) is 18.6 Å². The van der Waals surface area contributed by atoms with Crippen LogP contribution >= 0.6 is 0 Å². The zero-order valence-corrected chi connectivity index (χ0v) is 9.10. The van der Waals surface area contributed by atoms with Crippen LogP contribution in [0.1, 0.15) is 30.9 Å². The van der Waals surface area contributed by atoms with Crippen molar-refractivity contribution in [2.45, 2.75) is 32.8 Å². The smallest absolute Gasteiger partial charge is 0.272 e. The predicted octanol–water partition coefficient (Wildman–Crippen LogP) is 2.39. The minimum Gasteiger partial charge on any atom is -0.393 e. The van der Waals surface area contributed by atoms with Crippen molar-refractivity contribution in [3.8, 4) is 0 Å². The first-order chi connectivity index (χ1) is 6.93. The third kappa shape index (κ3) is 2.53. The number of nitrogens with zero attached hydrogens (tertiary/aromatic N) is 1. The van der Waals surface area contributed by atoms with E-state index in [0.717, 1.165) is 5.56 Å². The van der Waals surface area contributed by atoms with E-state index in [0.29, 0.717) is 5.56 Å².